The molecule has 7 heteroatoms. The minimum absolute atomic E-state index is 0.0933. The predicted molar refractivity (Wildman–Crippen MR) is 83.5 cm³/mol. The van der Waals surface area contributed by atoms with Gasteiger partial charge >= 0.3 is 0 Å². The highest BCUT2D eigenvalue weighted by Gasteiger charge is 2.19. The summed E-state index contributed by atoms with van der Waals surface area (Å²) < 4.78 is 1.01. The Morgan fingerprint density at radius 2 is 1.91 bits per heavy atom. The zero-order valence-corrected chi connectivity index (χ0v) is 11.7. The Morgan fingerprint density at radius 1 is 1.17 bits per heavy atom. The minimum Gasteiger partial charge on any atom is -0.507 e. The summed E-state index contributed by atoms with van der Waals surface area (Å²) in [7, 11) is 0. The van der Waals surface area contributed by atoms with Crippen LogP contribution in [-0.2, 0) is 0 Å². The summed E-state index contributed by atoms with van der Waals surface area (Å²) in [6, 6.07) is 10.5. The van der Waals surface area contributed by atoms with Crippen LogP contribution in [0.15, 0.2) is 53.7 Å². The molecule has 7 nitrogen and oxygen atoms in total. The number of nitrogens with one attached hydrogen (secondary N) is 1. The van der Waals surface area contributed by atoms with E-state index >= 15 is 0 Å². The molecule has 0 spiro atoms. The first kappa shape index (κ1) is 13.2. The van der Waals surface area contributed by atoms with Crippen molar-refractivity contribution in [1.82, 2.24) is 19.7 Å². The number of nitrogens with zero attached hydrogens (tertiary/aromatic N) is 3. The average Bonchev–Trinajstić information content (AvgIpc) is 2.99. The summed E-state index contributed by atoms with van der Waals surface area (Å²) in [5, 5.41) is 15.9. The molecule has 0 aliphatic heterocycles. The fraction of sp³-hybridized carbons (Fsp3) is 0. The van der Waals surface area contributed by atoms with Crippen molar-refractivity contribution in [3.8, 4) is 5.75 Å². The van der Waals surface area contributed by atoms with Gasteiger partial charge in [-0.1, -0.05) is 24.3 Å². The van der Waals surface area contributed by atoms with Crippen molar-refractivity contribution in [2.75, 3.05) is 0 Å². The summed E-state index contributed by atoms with van der Waals surface area (Å²) in [5.41, 5.74) is -0.140. The van der Waals surface area contributed by atoms with Gasteiger partial charge in [-0.15, -0.1) is 0 Å². The van der Waals surface area contributed by atoms with Gasteiger partial charge in [0.25, 0.3) is 11.5 Å². The zero-order valence-electron chi connectivity index (χ0n) is 11.7. The number of carbonyl (C=O) groups is 1. The number of aromatic hydroxyl groups is 1. The molecular weight excluding hydrogens is 296 g/mol. The van der Waals surface area contributed by atoms with E-state index < -0.39 is 5.91 Å². The summed E-state index contributed by atoms with van der Waals surface area (Å²) in [6.45, 7) is 0. The van der Waals surface area contributed by atoms with Gasteiger partial charge < -0.3 is 10.1 Å². The lowest BCUT2D eigenvalue weighted by Crippen LogP contribution is -2.15. The van der Waals surface area contributed by atoms with E-state index in [4.69, 9.17) is 0 Å². The van der Waals surface area contributed by atoms with Gasteiger partial charge in [-0.25, -0.2) is 4.98 Å². The van der Waals surface area contributed by atoms with Crippen LogP contribution < -0.4 is 5.56 Å². The summed E-state index contributed by atoms with van der Waals surface area (Å²) >= 11 is 0. The van der Waals surface area contributed by atoms with Crippen LogP contribution in [0.4, 0.5) is 0 Å². The first-order valence-corrected chi connectivity index (χ1v) is 6.83. The summed E-state index contributed by atoms with van der Waals surface area (Å²) in [4.78, 5) is 30.8. The topological polar surface area (TPSA) is 101 Å². The SMILES string of the molecule is O=C(c1cc2ccccc2cc1O)n1ncc2c(=O)[nH]cnc21. The molecule has 4 aromatic rings. The Morgan fingerprint density at radius 3 is 2.70 bits per heavy atom. The Hall–Kier alpha value is -3.48. The second-order valence-corrected chi connectivity index (χ2v) is 5.05. The monoisotopic (exact) mass is 306 g/mol. The molecule has 0 saturated heterocycles. The Labute approximate surface area is 128 Å². The quantitative estimate of drug-likeness (QED) is 0.557. The number of phenolic OH excluding ortho intramolecular Hbond substituents is 1. The van der Waals surface area contributed by atoms with Gasteiger partial charge in [0.1, 0.15) is 11.1 Å². The molecule has 4 rings (SSSR count). The first-order valence-electron chi connectivity index (χ1n) is 6.83. The third kappa shape index (κ3) is 1.98. The van der Waals surface area contributed by atoms with Crippen molar-refractivity contribution in [2.45, 2.75) is 0 Å². The number of fused-ring (bicyclic) bond motifs is 2. The Kier molecular flexibility index (Phi) is 2.74. The van der Waals surface area contributed by atoms with Crippen molar-refractivity contribution in [1.29, 1.82) is 0 Å². The van der Waals surface area contributed by atoms with Crippen LogP contribution >= 0.6 is 0 Å². The van der Waals surface area contributed by atoms with Gasteiger partial charge in [-0.3, -0.25) is 9.59 Å². The number of aromatic nitrogens is 4. The lowest BCUT2D eigenvalue weighted by Gasteiger charge is -2.06. The molecule has 23 heavy (non-hydrogen) atoms. The van der Waals surface area contributed by atoms with Crippen molar-refractivity contribution in [2.24, 2.45) is 0 Å². The second kappa shape index (κ2) is 4.77. The number of phenols is 1. The molecule has 0 amide bonds. The number of hydrogen-bond donors (Lipinski definition) is 2. The predicted octanol–water partition coefficient (Wildman–Crippen LogP) is 1.67. The van der Waals surface area contributed by atoms with E-state index in [0.717, 1.165) is 15.5 Å². The highest BCUT2D eigenvalue weighted by atomic mass is 16.3. The van der Waals surface area contributed by atoms with Crippen LogP contribution in [0.3, 0.4) is 0 Å². The molecule has 0 atom stereocenters. The maximum absolute atomic E-state index is 12.7. The van der Waals surface area contributed by atoms with Gasteiger partial charge in [0, 0.05) is 0 Å². The van der Waals surface area contributed by atoms with E-state index in [2.05, 4.69) is 15.1 Å². The van der Waals surface area contributed by atoms with Crippen LogP contribution in [0, 0.1) is 0 Å². The van der Waals surface area contributed by atoms with E-state index in [1.54, 1.807) is 6.07 Å². The number of aromatic amines is 1. The largest absolute Gasteiger partial charge is 0.507 e. The van der Waals surface area contributed by atoms with Crippen molar-refractivity contribution >= 4 is 27.7 Å². The molecule has 0 radical (unpaired) electrons. The highest BCUT2D eigenvalue weighted by Crippen LogP contribution is 2.26. The van der Waals surface area contributed by atoms with E-state index in [-0.39, 0.29) is 27.9 Å². The fourth-order valence-electron chi connectivity index (χ4n) is 2.52. The van der Waals surface area contributed by atoms with E-state index in [1.807, 2.05) is 24.3 Å². The van der Waals surface area contributed by atoms with Gasteiger partial charge in [0.2, 0.25) is 0 Å². The maximum Gasteiger partial charge on any atom is 0.283 e. The van der Waals surface area contributed by atoms with Gasteiger partial charge in [-0.05, 0) is 22.9 Å². The number of hydrogen-bond acceptors (Lipinski definition) is 5. The van der Waals surface area contributed by atoms with Crippen LogP contribution in [0.1, 0.15) is 10.4 Å². The van der Waals surface area contributed by atoms with E-state index in [1.165, 1.54) is 18.6 Å². The van der Waals surface area contributed by atoms with Crippen molar-refractivity contribution in [3.05, 3.63) is 64.8 Å². The Balaban J connectivity index is 1.93. The number of benzene rings is 2. The van der Waals surface area contributed by atoms with Gasteiger partial charge in [0.15, 0.2) is 5.65 Å². The smallest absolute Gasteiger partial charge is 0.283 e. The maximum atomic E-state index is 12.7. The Bertz CT molecular complexity index is 1130. The molecule has 0 aliphatic rings. The first-order chi connectivity index (χ1) is 11.1. The summed E-state index contributed by atoms with van der Waals surface area (Å²) in [6.07, 6.45) is 2.48. The summed E-state index contributed by atoms with van der Waals surface area (Å²) in [5.74, 6) is -0.705. The van der Waals surface area contributed by atoms with Crippen LogP contribution in [0.5, 0.6) is 5.75 Å². The molecule has 0 aliphatic carbocycles. The molecule has 112 valence electrons. The van der Waals surface area contributed by atoms with E-state index in [0.29, 0.717) is 0 Å². The molecule has 2 heterocycles. The number of carbonyl (C=O) groups excluding carboxylic acids is 1. The lowest BCUT2D eigenvalue weighted by molar-refractivity contribution is 0.0947. The van der Waals surface area contributed by atoms with Crippen LogP contribution in [-0.4, -0.2) is 30.8 Å². The minimum atomic E-state index is -0.554. The second-order valence-electron chi connectivity index (χ2n) is 5.05. The standard InChI is InChI=1S/C16H10N4O3/c21-13-6-10-4-2-1-3-9(10)5-11(13)16(23)20-14-12(7-19-20)15(22)18-8-17-14/h1-8,21H,(H,17,18,22). The normalized spacial score (nSPS) is 11.1. The number of H-pyrrole nitrogens is 1. The third-order valence-corrected chi connectivity index (χ3v) is 3.66. The fourth-order valence-corrected chi connectivity index (χ4v) is 2.52. The van der Waals surface area contributed by atoms with E-state index in [9.17, 15) is 14.7 Å². The van der Waals surface area contributed by atoms with Crippen LogP contribution in [0.2, 0.25) is 0 Å². The van der Waals surface area contributed by atoms with Crippen molar-refractivity contribution < 1.29 is 9.90 Å². The highest BCUT2D eigenvalue weighted by molar-refractivity contribution is 6.04. The molecular formula is C16H10N4O3. The molecule has 0 fully saturated rings. The zero-order chi connectivity index (χ0) is 16.0. The van der Waals surface area contributed by atoms with Gasteiger partial charge in [0.05, 0.1) is 18.1 Å². The molecule has 0 unspecified atom stereocenters. The van der Waals surface area contributed by atoms with Gasteiger partial charge in [-0.2, -0.15) is 9.78 Å². The van der Waals surface area contributed by atoms with Crippen LogP contribution in [0.25, 0.3) is 21.8 Å². The molecule has 2 aromatic heterocycles. The number of rotatable bonds is 1. The third-order valence-electron chi connectivity index (χ3n) is 3.66. The molecule has 0 saturated carbocycles. The van der Waals surface area contributed by atoms with Crippen molar-refractivity contribution in [3.63, 3.8) is 0 Å². The average molecular weight is 306 g/mol. The molecule has 2 aromatic carbocycles. The molecule has 0 bridgehead atoms. The lowest BCUT2D eigenvalue weighted by atomic mass is 10.1. The molecule has 2 N–H and O–H groups in total.